The first-order valence-corrected chi connectivity index (χ1v) is 43.9. The molecule has 588 valence electrons. The van der Waals surface area contributed by atoms with Crippen LogP contribution in [-0.4, -0.2) is 13.7 Å². The quantitative estimate of drug-likeness (QED) is 0.116. The molecule has 3 atom stereocenters. The molecule has 0 N–H and O–H groups in total. The van der Waals surface area contributed by atoms with Gasteiger partial charge in [0.25, 0.3) is 0 Å². The Balaban J connectivity index is 0.000000137. The predicted molar refractivity (Wildman–Crippen MR) is 527 cm³/mol. The highest BCUT2D eigenvalue weighted by atomic mass is 15.0. The highest BCUT2D eigenvalue weighted by molar-refractivity contribution is 6.16. The molecule has 3 aliphatic rings. The van der Waals surface area contributed by atoms with E-state index >= 15 is 0 Å². The van der Waals surface area contributed by atoms with Gasteiger partial charge in [-0.15, -0.1) is 0 Å². The summed E-state index contributed by atoms with van der Waals surface area (Å²) in [4.78, 5) is 0. The van der Waals surface area contributed by atoms with Gasteiger partial charge < -0.3 is 13.7 Å². The summed E-state index contributed by atoms with van der Waals surface area (Å²) in [5, 5.41) is 7.53. The lowest BCUT2D eigenvalue weighted by molar-refractivity contribution is 1.01. The van der Waals surface area contributed by atoms with Crippen molar-refractivity contribution < 1.29 is 0 Å². The summed E-state index contributed by atoms with van der Waals surface area (Å²) < 4.78 is 7.40. The van der Waals surface area contributed by atoms with Gasteiger partial charge in [-0.3, -0.25) is 0 Å². The third-order valence-corrected chi connectivity index (χ3v) is 27.1. The van der Waals surface area contributed by atoms with Gasteiger partial charge in [0.1, 0.15) is 0 Å². The number of fused-ring (bicyclic) bond motifs is 18. The Morgan fingerprint density at radius 3 is 0.881 bits per heavy atom. The monoisotopic (exact) mass is 1600 g/mol. The minimum Gasteiger partial charge on any atom is -0.309 e. The number of aromatic nitrogens is 3. The third kappa shape index (κ3) is 12.0. The van der Waals surface area contributed by atoms with Crippen LogP contribution in [0.4, 0.5) is 0 Å². The first-order valence-electron chi connectivity index (χ1n) is 43.9. The average Bonchev–Trinajstić information content (AvgIpc) is 1.56. The molecule has 0 aliphatic heterocycles. The van der Waals surface area contributed by atoms with E-state index in [1.807, 2.05) is 0 Å². The van der Waals surface area contributed by atoms with Gasteiger partial charge in [0, 0.05) is 67.1 Å². The highest BCUT2D eigenvalue weighted by Crippen LogP contribution is 2.55. The molecule has 23 aromatic rings. The van der Waals surface area contributed by atoms with Crippen molar-refractivity contribution in [3.8, 4) is 117 Å². The number of rotatable bonds is 12. The molecule has 20 aromatic carbocycles. The van der Waals surface area contributed by atoms with E-state index in [2.05, 4.69) is 487 Å². The fraction of sp³-hybridized carbons (Fsp3) is 0.0244. The topological polar surface area (TPSA) is 14.8 Å². The second kappa shape index (κ2) is 29.9. The second-order valence-corrected chi connectivity index (χ2v) is 34.1. The van der Waals surface area contributed by atoms with Crippen molar-refractivity contribution in [3.63, 3.8) is 0 Å². The fourth-order valence-electron chi connectivity index (χ4n) is 21.4. The molecule has 0 radical (unpaired) electrons. The summed E-state index contributed by atoms with van der Waals surface area (Å²) in [5.41, 5.74) is 45.4. The van der Waals surface area contributed by atoms with E-state index in [-0.39, 0.29) is 17.8 Å². The number of hydrogen-bond acceptors (Lipinski definition) is 0. The first-order chi connectivity index (χ1) is 62.5. The fourth-order valence-corrected chi connectivity index (χ4v) is 21.4. The molecular formula is C123H81N3. The summed E-state index contributed by atoms with van der Waals surface area (Å²) in [6.45, 7) is 0. The third-order valence-electron chi connectivity index (χ3n) is 27.1. The second-order valence-electron chi connectivity index (χ2n) is 34.1. The van der Waals surface area contributed by atoms with E-state index in [4.69, 9.17) is 0 Å². The molecule has 0 bridgehead atoms. The number of nitrogens with zero attached hydrogens (tertiary/aromatic N) is 3. The molecule has 126 heavy (non-hydrogen) atoms. The summed E-state index contributed by atoms with van der Waals surface area (Å²) in [7, 11) is 0. The molecule has 3 heteroatoms. The lowest BCUT2D eigenvalue weighted by atomic mass is 9.87. The summed E-state index contributed by atoms with van der Waals surface area (Å²) in [6.07, 6.45) is 0. The molecule has 0 saturated heterocycles. The molecule has 3 heterocycles. The van der Waals surface area contributed by atoms with Crippen LogP contribution in [0.25, 0.3) is 183 Å². The normalized spacial score (nSPS) is 14.0. The van der Waals surface area contributed by atoms with E-state index in [9.17, 15) is 0 Å². The van der Waals surface area contributed by atoms with Crippen molar-refractivity contribution in [3.05, 3.63) is 523 Å². The van der Waals surface area contributed by atoms with Gasteiger partial charge in [-0.25, -0.2) is 0 Å². The van der Waals surface area contributed by atoms with Gasteiger partial charge in [0.15, 0.2) is 0 Å². The van der Waals surface area contributed by atoms with Gasteiger partial charge in [0.2, 0.25) is 0 Å². The van der Waals surface area contributed by atoms with Gasteiger partial charge in [-0.05, 0) is 259 Å². The highest BCUT2D eigenvalue weighted by Gasteiger charge is 2.35. The molecule has 26 rings (SSSR count). The first kappa shape index (κ1) is 72.6. The van der Waals surface area contributed by atoms with Crippen LogP contribution < -0.4 is 0 Å². The van der Waals surface area contributed by atoms with Crippen LogP contribution >= 0.6 is 0 Å². The zero-order chi connectivity index (χ0) is 82.9. The molecule has 0 fully saturated rings. The Morgan fingerprint density at radius 1 is 0.127 bits per heavy atom. The van der Waals surface area contributed by atoms with E-state index in [1.165, 1.54) is 216 Å². The van der Waals surface area contributed by atoms with Crippen molar-refractivity contribution in [2.45, 2.75) is 17.8 Å². The lowest BCUT2D eigenvalue weighted by Crippen LogP contribution is -2.00. The van der Waals surface area contributed by atoms with E-state index < -0.39 is 0 Å². The van der Waals surface area contributed by atoms with E-state index in [1.54, 1.807) is 0 Å². The van der Waals surface area contributed by atoms with Crippen molar-refractivity contribution in [2.24, 2.45) is 0 Å². The minimum absolute atomic E-state index is 0.161. The van der Waals surface area contributed by atoms with Crippen molar-refractivity contribution >= 4 is 65.4 Å². The molecular weight excluding hydrogens is 1520 g/mol. The largest absolute Gasteiger partial charge is 0.309 e. The Kier molecular flexibility index (Phi) is 17.2. The average molecular weight is 1600 g/mol. The van der Waals surface area contributed by atoms with Crippen LogP contribution in [0, 0.1) is 0 Å². The Labute approximate surface area is 732 Å². The van der Waals surface area contributed by atoms with Gasteiger partial charge in [0.05, 0.1) is 33.1 Å². The van der Waals surface area contributed by atoms with E-state index in [0.29, 0.717) is 0 Å². The maximum atomic E-state index is 2.51. The Hall–Kier alpha value is -16.2. The minimum atomic E-state index is 0.161. The van der Waals surface area contributed by atoms with Crippen LogP contribution in [-0.2, 0) is 0 Å². The molecule has 3 nitrogen and oxygen atoms in total. The van der Waals surface area contributed by atoms with Crippen LogP contribution in [0.15, 0.2) is 473 Å². The zero-order valence-corrected chi connectivity index (χ0v) is 69.1. The molecule has 3 aliphatic carbocycles. The van der Waals surface area contributed by atoms with Crippen LogP contribution in [0.5, 0.6) is 0 Å². The molecule has 0 spiro atoms. The zero-order valence-electron chi connectivity index (χ0n) is 69.1. The van der Waals surface area contributed by atoms with Gasteiger partial charge in [-0.2, -0.15) is 0 Å². The SMILES string of the molecule is c1ccc(-c2cccc(-n3c4ccccc4c4cc(-c5ccc6c(c5)c5cc7c(cc5n6-c5cccc(-c6ccccc6)c5)C(c5ccccc5)c5ccccc5-7)ccc43)c2)cc1.c1ccc(-c2cccc(C3c4ccccc4-c4cc(-c5ccc6c(c5)c5cc7c(cc5n6-c5cccc(-c6ccccc6)c5)-c5ccccc5C7c5ccccc5)ccc43)c2)cc1. The lowest BCUT2D eigenvalue weighted by Gasteiger charge is -2.16. The molecule has 3 aromatic heterocycles. The van der Waals surface area contributed by atoms with Crippen molar-refractivity contribution in [1.82, 2.24) is 13.7 Å². The number of hydrogen-bond donors (Lipinski definition) is 0. The van der Waals surface area contributed by atoms with Crippen molar-refractivity contribution in [2.75, 3.05) is 0 Å². The molecule has 0 saturated carbocycles. The summed E-state index contributed by atoms with van der Waals surface area (Å²) >= 11 is 0. The summed E-state index contributed by atoms with van der Waals surface area (Å²) in [6, 6.07) is 175. The standard InChI is InChI=1S/C62H41N.C61H40N2/c1-4-16-40(17-5-1)43-22-14-24-47(34-43)62-52-29-13-10-26-49(52)54-36-45(30-32-53(54)62)46-31-33-59-56(37-46)57-38-58-55(50-27-11-12-28-51(50)61(58)42-20-8-3-9-21-42)39-60(57)63(59)48-25-15-23-44(35-48)41-18-6-2-7-19-41;1-4-16-40(17-5-1)43-22-14-24-47(34-43)62-57-29-13-12-27-50(57)53-36-45(30-32-58(53)62)46-31-33-59-54(37-46)55-38-52-49-26-10-11-28-51(49)61(42-20-8-3-9-21-42)56(52)39-60(55)63(59)48-25-15-23-44(35-48)41-18-6-2-7-19-41/h1-39,61-62H;1-39,61H. The summed E-state index contributed by atoms with van der Waals surface area (Å²) in [5.74, 6) is 0.502. The molecule has 3 unspecified atom stereocenters. The molecule has 0 amide bonds. The maximum absolute atomic E-state index is 2.51. The smallest absolute Gasteiger partial charge is 0.0547 e. The Morgan fingerprint density at radius 2 is 0.413 bits per heavy atom. The van der Waals surface area contributed by atoms with Crippen molar-refractivity contribution in [1.29, 1.82) is 0 Å². The van der Waals surface area contributed by atoms with Crippen LogP contribution in [0.1, 0.15) is 67.8 Å². The van der Waals surface area contributed by atoms with Crippen LogP contribution in [0.2, 0.25) is 0 Å². The Bertz CT molecular complexity index is 8260. The van der Waals surface area contributed by atoms with Gasteiger partial charge in [-0.1, -0.05) is 364 Å². The van der Waals surface area contributed by atoms with Crippen LogP contribution in [0.3, 0.4) is 0 Å². The number of para-hydroxylation sites is 1. The van der Waals surface area contributed by atoms with E-state index in [0.717, 1.165) is 17.1 Å². The maximum Gasteiger partial charge on any atom is 0.0547 e. The predicted octanol–water partition coefficient (Wildman–Crippen LogP) is 32.1. The number of benzene rings is 20. The van der Waals surface area contributed by atoms with Gasteiger partial charge >= 0.3 is 0 Å².